The highest BCUT2D eigenvalue weighted by atomic mass is 16.6. The Bertz CT molecular complexity index is 695. The standard InChI is InChI=1S/C16H20N2O3/c1-10(16(2,3)4)8-14(19)12-9-17-15-11(12)6-5-7-13(15)18(20)21/h5-7,9-10,17H,8H2,1-4H3. The molecule has 1 atom stereocenters. The van der Waals surface area contributed by atoms with Crippen LogP contribution >= 0.6 is 0 Å². The molecule has 1 aromatic heterocycles. The number of Topliss-reactive ketones (excluding diaryl/α,β-unsaturated/α-hetero) is 1. The number of nitrogens with zero attached hydrogens (tertiary/aromatic N) is 1. The lowest BCUT2D eigenvalue weighted by atomic mass is 9.78. The number of carbonyl (C=O) groups is 1. The number of benzene rings is 1. The average Bonchev–Trinajstić information content (AvgIpc) is 2.80. The Balaban J connectivity index is 2.38. The number of nitro groups is 1. The lowest BCUT2D eigenvalue weighted by molar-refractivity contribution is -0.383. The summed E-state index contributed by atoms with van der Waals surface area (Å²) in [7, 11) is 0. The number of hydrogen-bond donors (Lipinski definition) is 1. The Morgan fingerprint density at radius 3 is 2.62 bits per heavy atom. The zero-order valence-electron chi connectivity index (χ0n) is 12.8. The normalized spacial score (nSPS) is 13.3. The van der Waals surface area contributed by atoms with Crippen LogP contribution in [0.1, 0.15) is 44.5 Å². The van der Waals surface area contributed by atoms with Gasteiger partial charge in [0.05, 0.1) is 4.92 Å². The molecule has 0 bridgehead atoms. The summed E-state index contributed by atoms with van der Waals surface area (Å²) in [5, 5.41) is 11.6. The van der Waals surface area contributed by atoms with Crippen LogP contribution in [0.15, 0.2) is 24.4 Å². The lowest BCUT2D eigenvalue weighted by Crippen LogP contribution is -2.20. The molecule has 0 amide bonds. The molecular weight excluding hydrogens is 268 g/mol. The molecule has 1 heterocycles. The van der Waals surface area contributed by atoms with E-state index in [2.05, 4.69) is 32.7 Å². The Hall–Kier alpha value is -2.17. The van der Waals surface area contributed by atoms with Crippen LogP contribution in [-0.4, -0.2) is 15.7 Å². The first-order valence-electron chi connectivity index (χ1n) is 6.99. The minimum absolute atomic E-state index is 0.00424. The quantitative estimate of drug-likeness (QED) is 0.516. The molecule has 0 aliphatic carbocycles. The van der Waals surface area contributed by atoms with Crippen molar-refractivity contribution in [3.05, 3.63) is 40.1 Å². The molecule has 112 valence electrons. The van der Waals surface area contributed by atoms with Crippen molar-refractivity contribution in [2.24, 2.45) is 11.3 Å². The molecule has 2 aromatic rings. The summed E-state index contributed by atoms with van der Waals surface area (Å²) in [5.74, 6) is 0.248. The van der Waals surface area contributed by atoms with Gasteiger partial charge in [-0.1, -0.05) is 39.8 Å². The number of non-ortho nitro benzene ring substituents is 1. The monoisotopic (exact) mass is 288 g/mol. The zero-order chi connectivity index (χ0) is 15.8. The van der Waals surface area contributed by atoms with E-state index in [9.17, 15) is 14.9 Å². The van der Waals surface area contributed by atoms with Crippen molar-refractivity contribution < 1.29 is 9.72 Å². The van der Waals surface area contributed by atoms with Crippen LogP contribution in [0, 0.1) is 21.4 Å². The molecule has 1 N–H and O–H groups in total. The number of hydrogen-bond acceptors (Lipinski definition) is 3. The van der Waals surface area contributed by atoms with Crippen LogP contribution in [0.2, 0.25) is 0 Å². The Labute approximate surface area is 123 Å². The summed E-state index contributed by atoms with van der Waals surface area (Å²) in [5.41, 5.74) is 0.989. The van der Waals surface area contributed by atoms with Crippen molar-refractivity contribution in [3.8, 4) is 0 Å². The predicted octanol–water partition coefficient (Wildman–Crippen LogP) is 4.33. The smallest absolute Gasteiger partial charge is 0.293 e. The third-order valence-corrected chi connectivity index (χ3v) is 4.16. The number of aromatic amines is 1. The highest BCUT2D eigenvalue weighted by Gasteiger charge is 2.25. The summed E-state index contributed by atoms with van der Waals surface area (Å²) in [6, 6.07) is 4.79. The minimum atomic E-state index is -0.440. The van der Waals surface area contributed by atoms with Crippen molar-refractivity contribution in [1.82, 2.24) is 4.98 Å². The van der Waals surface area contributed by atoms with Gasteiger partial charge in [0.1, 0.15) is 5.52 Å². The number of aromatic nitrogens is 1. The van der Waals surface area contributed by atoms with E-state index in [4.69, 9.17) is 0 Å². The number of rotatable bonds is 4. The van der Waals surface area contributed by atoms with Crippen molar-refractivity contribution in [3.63, 3.8) is 0 Å². The van der Waals surface area contributed by atoms with Gasteiger partial charge in [-0.3, -0.25) is 14.9 Å². The molecule has 2 rings (SSSR count). The number of fused-ring (bicyclic) bond motifs is 1. The van der Waals surface area contributed by atoms with Crippen LogP contribution in [0.4, 0.5) is 5.69 Å². The molecule has 0 aliphatic rings. The van der Waals surface area contributed by atoms with Crippen LogP contribution in [0.3, 0.4) is 0 Å². The second-order valence-electron chi connectivity index (χ2n) is 6.55. The summed E-state index contributed by atoms with van der Waals surface area (Å²) in [6.45, 7) is 8.36. The first-order valence-corrected chi connectivity index (χ1v) is 6.99. The number of H-pyrrole nitrogens is 1. The molecule has 0 radical (unpaired) electrons. The van der Waals surface area contributed by atoms with Gasteiger partial charge in [0.25, 0.3) is 5.69 Å². The highest BCUT2D eigenvalue weighted by Crippen LogP contribution is 2.32. The Morgan fingerprint density at radius 1 is 1.38 bits per heavy atom. The Morgan fingerprint density at radius 2 is 2.05 bits per heavy atom. The van der Waals surface area contributed by atoms with E-state index in [1.165, 1.54) is 6.07 Å². The maximum absolute atomic E-state index is 12.5. The van der Waals surface area contributed by atoms with E-state index in [-0.39, 0.29) is 22.8 Å². The van der Waals surface area contributed by atoms with Gasteiger partial charge in [0, 0.05) is 29.6 Å². The van der Waals surface area contributed by atoms with E-state index in [1.54, 1.807) is 18.3 Å². The fourth-order valence-electron chi connectivity index (χ4n) is 2.22. The summed E-state index contributed by atoms with van der Waals surface area (Å²) < 4.78 is 0. The summed E-state index contributed by atoms with van der Waals surface area (Å²) >= 11 is 0. The first kappa shape index (κ1) is 15.2. The van der Waals surface area contributed by atoms with E-state index in [0.29, 0.717) is 22.9 Å². The second-order valence-corrected chi connectivity index (χ2v) is 6.55. The third kappa shape index (κ3) is 2.96. The number of carbonyl (C=O) groups excluding carboxylic acids is 1. The molecule has 0 spiro atoms. The number of nitro benzene ring substituents is 1. The van der Waals surface area contributed by atoms with Crippen molar-refractivity contribution in [2.75, 3.05) is 0 Å². The van der Waals surface area contributed by atoms with Crippen molar-refractivity contribution in [1.29, 1.82) is 0 Å². The summed E-state index contributed by atoms with van der Waals surface area (Å²) in [6.07, 6.45) is 2.01. The molecule has 5 nitrogen and oxygen atoms in total. The minimum Gasteiger partial charge on any atom is -0.355 e. The molecule has 0 saturated heterocycles. The first-order chi connectivity index (χ1) is 9.71. The third-order valence-electron chi connectivity index (χ3n) is 4.16. The van der Waals surface area contributed by atoms with Crippen molar-refractivity contribution in [2.45, 2.75) is 34.1 Å². The number of nitrogens with one attached hydrogen (secondary N) is 1. The van der Waals surface area contributed by atoms with Gasteiger partial charge in [-0.05, 0) is 11.3 Å². The molecule has 5 heteroatoms. The fourth-order valence-corrected chi connectivity index (χ4v) is 2.22. The van der Waals surface area contributed by atoms with E-state index in [0.717, 1.165) is 0 Å². The highest BCUT2D eigenvalue weighted by molar-refractivity contribution is 6.09. The van der Waals surface area contributed by atoms with E-state index in [1.807, 2.05) is 0 Å². The molecule has 1 unspecified atom stereocenters. The van der Waals surface area contributed by atoms with Gasteiger partial charge in [0.15, 0.2) is 5.78 Å². The van der Waals surface area contributed by atoms with Crippen molar-refractivity contribution >= 4 is 22.4 Å². The van der Waals surface area contributed by atoms with E-state index < -0.39 is 4.92 Å². The van der Waals surface area contributed by atoms with Gasteiger partial charge < -0.3 is 4.98 Å². The topological polar surface area (TPSA) is 76.0 Å². The molecule has 0 fully saturated rings. The maximum atomic E-state index is 12.5. The van der Waals surface area contributed by atoms with Gasteiger partial charge in [-0.2, -0.15) is 0 Å². The molecule has 1 aromatic carbocycles. The molecule has 0 aliphatic heterocycles. The lowest BCUT2D eigenvalue weighted by Gasteiger charge is -2.26. The van der Waals surface area contributed by atoms with Crippen LogP contribution in [0.25, 0.3) is 10.9 Å². The van der Waals surface area contributed by atoms with Crippen LogP contribution < -0.4 is 0 Å². The summed E-state index contributed by atoms with van der Waals surface area (Å²) in [4.78, 5) is 25.9. The molecule has 0 saturated carbocycles. The van der Waals surface area contributed by atoms with Crippen LogP contribution in [-0.2, 0) is 0 Å². The molecule has 21 heavy (non-hydrogen) atoms. The van der Waals surface area contributed by atoms with Gasteiger partial charge in [0.2, 0.25) is 0 Å². The van der Waals surface area contributed by atoms with E-state index >= 15 is 0 Å². The SMILES string of the molecule is CC(CC(=O)c1c[nH]c2c([N+](=O)[O-])cccc12)C(C)(C)C. The zero-order valence-corrected chi connectivity index (χ0v) is 12.8. The predicted molar refractivity (Wildman–Crippen MR) is 82.5 cm³/mol. The Kier molecular flexibility index (Phi) is 3.85. The van der Waals surface area contributed by atoms with Gasteiger partial charge in [-0.25, -0.2) is 0 Å². The largest absolute Gasteiger partial charge is 0.355 e. The number of ketones is 1. The molecular formula is C16H20N2O3. The number of para-hydroxylation sites is 1. The maximum Gasteiger partial charge on any atom is 0.293 e. The second kappa shape index (κ2) is 5.31. The fraction of sp³-hybridized carbons (Fsp3) is 0.438. The van der Waals surface area contributed by atoms with Gasteiger partial charge in [-0.15, -0.1) is 0 Å². The van der Waals surface area contributed by atoms with Gasteiger partial charge >= 0.3 is 0 Å². The van der Waals surface area contributed by atoms with Crippen LogP contribution in [0.5, 0.6) is 0 Å². The average molecular weight is 288 g/mol.